The lowest BCUT2D eigenvalue weighted by Gasteiger charge is -1.99. The highest BCUT2D eigenvalue weighted by Gasteiger charge is 1.92. The van der Waals surface area contributed by atoms with Gasteiger partial charge in [-0.15, -0.1) is 6.58 Å². The van der Waals surface area contributed by atoms with E-state index in [1.807, 2.05) is 13.0 Å². The number of aliphatic hydroxyl groups excluding tert-OH is 1. The predicted octanol–water partition coefficient (Wildman–Crippen LogP) is 1.19. The molecule has 1 nitrogen and oxygen atoms in total. The topological polar surface area (TPSA) is 20.2 Å². The fourth-order valence-electron chi connectivity index (χ4n) is 0.359. The van der Waals surface area contributed by atoms with Gasteiger partial charge in [-0.2, -0.15) is 0 Å². The van der Waals surface area contributed by atoms with Gasteiger partial charge in [-0.05, 0) is 12.3 Å². The van der Waals surface area contributed by atoms with Crippen LogP contribution in [0.2, 0.25) is 0 Å². The highest BCUT2D eigenvalue weighted by atomic mass is 16.3. The maximum absolute atomic E-state index is 8.42. The van der Waals surface area contributed by atoms with Gasteiger partial charge in [-0.25, -0.2) is 0 Å². The maximum Gasteiger partial charge on any atom is 0.0459 e. The third kappa shape index (κ3) is 3.53. The number of rotatable bonds is 3. The zero-order valence-electron chi connectivity index (χ0n) is 4.72. The van der Waals surface area contributed by atoms with E-state index >= 15 is 0 Å². The Morgan fingerprint density at radius 1 is 1.86 bits per heavy atom. The molecule has 0 spiro atoms. The van der Waals surface area contributed by atoms with Gasteiger partial charge >= 0.3 is 0 Å². The Labute approximate surface area is 44.7 Å². The smallest absolute Gasteiger partial charge is 0.0459 e. The average molecular weight is 100 g/mol. The molecule has 0 amide bonds. The first-order chi connectivity index (χ1) is 3.31. The van der Waals surface area contributed by atoms with Crippen LogP contribution in [0, 0.1) is 5.92 Å². The molecule has 7 heavy (non-hydrogen) atoms. The maximum atomic E-state index is 8.42. The molecule has 0 aromatic heterocycles. The quantitative estimate of drug-likeness (QED) is 0.528. The van der Waals surface area contributed by atoms with Gasteiger partial charge in [0.2, 0.25) is 0 Å². The van der Waals surface area contributed by atoms with Crippen molar-refractivity contribution in [1.82, 2.24) is 0 Å². The van der Waals surface area contributed by atoms with Crippen LogP contribution in [0.5, 0.6) is 0 Å². The van der Waals surface area contributed by atoms with Gasteiger partial charge < -0.3 is 5.11 Å². The molecule has 0 bridgehead atoms. The zero-order chi connectivity index (χ0) is 5.70. The van der Waals surface area contributed by atoms with E-state index in [1.54, 1.807) is 0 Å². The van der Waals surface area contributed by atoms with Crippen molar-refractivity contribution in [3.05, 3.63) is 12.7 Å². The van der Waals surface area contributed by atoms with Gasteiger partial charge in [0.25, 0.3) is 0 Å². The SMILES string of the molecule is C=CC[C@@H](C)CO. The van der Waals surface area contributed by atoms with Crippen LogP contribution in [0.1, 0.15) is 13.3 Å². The zero-order valence-corrected chi connectivity index (χ0v) is 4.72. The molecular formula is C6H12O. The third-order valence-electron chi connectivity index (χ3n) is 0.881. The van der Waals surface area contributed by atoms with Crippen LogP contribution in [0.3, 0.4) is 0 Å². The first-order valence-electron chi connectivity index (χ1n) is 2.53. The second kappa shape index (κ2) is 3.88. The number of aliphatic hydroxyl groups is 1. The summed E-state index contributed by atoms with van der Waals surface area (Å²) >= 11 is 0. The van der Waals surface area contributed by atoms with Crippen molar-refractivity contribution in [2.45, 2.75) is 13.3 Å². The molecule has 0 aliphatic rings. The molecule has 0 unspecified atom stereocenters. The molecule has 0 rings (SSSR count). The van der Waals surface area contributed by atoms with Gasteiger partial charge in [0, 0.05) is 6.61 Å². The summed E-state index contributed by atoms with van der Waals surface area (Å²) < 4.78 is 0. The van der Waals surface area contributed by atoms with E-state index < -0.39 is 0 Å². The van der Waals surface area contributed by atoms with Gasteiger partial charge in [0.15, 0.2) is 0 Å². The van der Waals surface area contributed by atoms with E-state index in [0.717, 1.165) is 6.42 Å². The van der Waals surface area contributed by atoms with E-state index in [9.17, 15) is 0 Å². The van der Waals surface area contributed by atoms with Crippen LogP contribution in [0.15, 0.2) is 12.7 Å². The van der Waals surface area contributed by atoms with Crippen molar-refractivity contribution < 1.29 is 5.11 Å². The van der Waals surface area contributed by atoms with Crippen LogP contribution < -0.4 is 0 Å². The van der Waals surface area contributed by atoms with E-state index in [-0.39, 0.29) is 6.61 Å². The van der Waals surface area contributed by atoms with Crippen LogP contribution in [-0.4, -0.2) is 11.7 Å². The fourth-order valence-corrected chi connectivity index (χ4v) is 0.359. The van der Waals surface area contributed by atoms with Crippen LogP contribution in [0.4, 0.5) is 0 Å². The molecular weight excluding hydrogens is 88.1 g/mol. The summed E-state index contributed by atoms with van der Waals surface area (Å²) in [4.78, 5) is 0. The molecule has 0 saturated carbocycles. The summed E-state index contributed by atoms with van der Waals surface area (Å²) in [5, 5.41) is 8.42. The standard InChI is InChI=1S/C6H12O/c1-3-4-6(2)5-7/h3,6-7H,1,4-5H2,2H3/t6-/m1/s1. The Morgan fingerprint density at radius 3 is 2.57 bits per heavy atom. The third-order valence-corrected chi connectivity index (χ3v) is 0.881. The predicted molar refractivity (Wildman–Crippen MR) is 31.1 cm³/mol. The average Bonchev–Trinajstić information content (AvgIpc) is 1.68. The van der Waals surface area contributed by atoms with Crippen molar-refractivity contribution in [1.29, 1.82) is 0 Å². The second-order valence-corrected chi connectivity index (χ2v) is 1.81. The lowest BCUT2D eigenvalue weighted by atomic mass is 10.1. The van der Waals surface area contributed by atoms with Gasteiger partial charge in [0.05, 0.1) is 0 Å². The van der Waals surface area contributed by atoms with Crippen molar-refractivity contribution in [2.24, 2.45) is 5.92 Å². The largest absolute Gasteiger partial charge is 0.396 e. The summed E-state index contributed by atoms with van der Waals surface area (Å²) in [6, 6.07) is 0. The Bertz CT molecular complexity index is 50.1. The summed E-state index contributed by atoms with van der Waals surface area (Å²) in [7, 11) is 0. The summed E-state index contributed by atoms with van der Waals surface area (Å²) in [6.45, 7) is 5.80. The van der Waals surface area contributed by atoms with Crippen LogP contribution in [-0.2, 0) is 0 Å². The molecule has 0 aliphatic heterocycles. The molecule has 42 valence electrons. The molecule has 1 atom stereocenters. The Morgan fingerprint density at radius 2 is 2.43 bits per heavy atom. The van der Waals surface area contributed by atoms with Crippen LogP contribution in [0.25, 0.3) is 0 Å². The van der Waals surface area contributed by atoms with E-state index in [0.29, 0.717) is 5.92 Å². The van der Waals surface area contributed by atoms with Gasteiger partial charge in [-0.1, -0.05) is 13.0 Å². The summed E-state index contributed by atoms with van der Waals surface area (Å²) in [5.41, 5.74) is 0. The van der Waals surface area contributed by atoms with Crippen molar-refractivity contribution in [2.75, 3.05) is 6.61 Å². The molecule has 0 fully saturated rings. The molecule has 0 radical (unpaired) electrons. The van der Waals surface area contributed by atoms with Gasteiger partial charge in [0.1, 0.15) is 0 Å². The summed E-state index contributed by atoms with van der Waals surface area (Å²) in [5.74, 6) is 0.387. The molecule has 0 heterocycles. The molecule has 0 aromatic rings. The monoisotopic (exact) mass is 100 g/mol. The van der Waals surface area contributed by atoms with Gasteiger partial charge in [-0.3, -0.25) is 0 Å². The fraction of sp³-hybridized carbons (Fsp3) is 0.667. The normalized spacial score (nSPS) is 13.4. The first kappa shape index (κ1) is 6.70. The minimum atomic E-state index is 0.270. The highest BCUT2D eigenvalue weighted by molar-refractivity contribution is 4.69. The number of allylic oxidation sites excluding steroid dienone is 1. The van der Waals surface area contributed by atoms with Crippen molar-refractivity contribution in [3.8, 4) is 0 Å². The minimum Gasteiger partial charge on any atom is -0.396 e. The molecule has 0 aromatic carbocycles. The molecule has 0 saturated heterocycles. The highest BCUT2D eigenvalue weighted by Crippen LogP contribution is 1.97. The number of hydrogen-bond donors (Lipinski definition) is 1. The molecule has 1 N–H and O–H groups in total. The Hall–Kier alpha value is -0.300. The van der Waals surface area contributed by atoms with E-state index in [2.05, 4.69) is 6.58 Å². The summed E-state index contributed by atoms with van der Waals surface area (Å²) in [6.07, 6.45) is 2.73. The minimum absolute atomic E-state index is 0.270. The molecule has 0 aliphatic carbocycles. The first-order valence-corrected chi connectivity index (χ1v) is 2.53. The Kier molecular flexibility index (Phi) is 3.71. The molecule has 1 heteroatoms. The van der Waals surface area contributed by atoms with Crippen molar-refractivity contribution in [3.63, 3.8) is 0 Å². The number of hydrogen-bond acceptors (Lipinski definition) is 1. The second-order valence-electron chi connectivity index (χ2n) is 1.81. The van der Waals surface area contributed by atoms with E-state index in [4.69, 9.17) is 5.11 Å². The lowest BCUT2D eigenvalue weighted by Crippen LogP contribution is -1.96. The Balaban J connectivity index is 2.98. The van der Waals surface area contributed by atoms with E-state index in [1.165, 1.54) is 0 Å². The lowest BCUT2D eigenvalue weighted by molar-refractivity contribution is 0.239. The van der Waals surface area contributed by atoms with Crippen molar-refractivity contribution >= 4 is 0 Å². The van der Waals surface area contributed by atoms with Crippen LogP contribution >= 0.6 is 0 Å².